The maximum absolute atomic E-state index is 8.71. The van der Waals surface area contributed by atoms with E-state index in [0.717, 1.165) is 6.54 Å². The number of benzene rings is 1. The van der Waals surface area contributed by atoms with Gasteiger partial charge < -0.3 is 12.4 Å². The van der Waals surface area contributed by atoms with Crippen molar-refractivity contribution in [2.45, 2.75) is 13.5 Å². The van der Waals surface area contributed by atoms with E-state index in [2.05, 4.69) is 29.8 Å². The van der Waals surface area contributed by atoms with Gasteiger partial charge in [-0.2, -0.15) is 9.83 Å². The number of aryl methyl sites for hydroxylation is 1. The van der Waals surface area contributed by atoms with E-state index in [1.807, 2.05) is 36.4 Å². The molecule has 0 saturated heterocycles. The molecule has 0 bridgehead atoms. The predicted octanol–water partition coefficient (Wildman–Crippen LogP) is -0.793. The first kappa shape index (κ1) is 13.2. The van der Waals surface area contributed by atoms with Crippen LogP contribution in [-0.2, 0) is 6.54 Å². The Balaban J connectivity index is 0.00000144. The summed E-state index contributed by atoms with van der Waals surface area (Å²) in [6.45, 7) is 2.93. The van der Waals surface area contributed by atoms with E-state index in [1.54, 1.807) is 0 Å². The van der Waals surface area contributed by atoms with Crippen molar-refractivity contribution in [2.75, 3.05) is 0 Å². The Morgan fingerprint density at radius 1 is 1.12 bits per heavy atom. The third-order valence-electron chi connectivity index (χ3n) is 2.60. The Hall–Kier alpha value is -1.85. The van der Waals surface area contributed by atoms with Crippen LogP contribution in [0.25, 0.3) is 0 Å². The molecule has 0 N–H and O–H groups in total. The Kier molecular flexibility index (Phi) is 4.68. The van der Waals surface area contributed by atoms with Gasteiger partial charge in [0.1, 0.15) is 0 Å². The van der Waals surface area contributed by atoms with Crippen LogP contribution in [0.4, 0.5) is 0 Å². The second-order valence-corrected chi connectivity index (χ2v) is 3.78. The lowest BCUT2D eigenvalue weighted by Crippen LogP contribution is -3.00. The lowest BCUT2D eigenvalue weighted by atomic mass is 10.1. The Labute approximate surface area is 108 Å². The van der Waals surface area contributed by atoms with Gasteiger partial charge in [0, 0.05) is 24.6 Å². The van der Waals surface area contributed by atoms with Gasteiger partial charge in [0.15, 0.2) is 18.4 Å². The Morgan fingerprint density at radius 3 is 2.41 bits per heavy atom. The van der Waals surface area contributed by atoms with Crippen LogP contribution in [0.5, 0.6) is 0 Å². The molecule has 0 spiro atoms. The third-order valence-corrected chi connectivity index (χ3v) is 2.60. The average Bonchev–Trinajstić information content (AvgIpc) is 2.33. The van der Waals surface area contributed by atoms with E-state index in [-0.39, 0.29) is 12.4 Å². The SMILES string of the molecule is Cc1cccc[n+]1Cc1ccc(C#N)cc1.[Cl-]. The number of halogens is 1. The topological polar surface area (TPSA) is 27.7 Å². The number of nitrogens with zero attached hydrogens (tertiary/aromatic N) is 2. The summed E-state index contributed by atoms with van der Waals surface area (Å²) in [5.74, 6) is 0. The Morgan fingerprint density at radius 2 is 1.82 bits per heavy atom. The van der Waals surface area contributed by atoms with Gasteiger partial charge in [-0.15, -0.1) is 0 Å². The minimum atomic E-state index is 0. The summed E-state index contributed by atoms with van der Waals surface area (Å²) in [6, 6.07) is 16.0. The zero-order chi connectivity index (χ0) is 11.4. The third kappa shape index (κ3) is 3.30. The van der Waals surface area contributed by atoms with Crippen molar-refractivity contribution in [3.63, 3.8) is 0 Å². The summed E-state index contributed by atoms with van der Waals surface area (Å²) in [6.07, 6.45) is 2.06. The molecule has 0 atom stereocenters. The number of nitriles is 1. The first-order chi connectivity index (χ1) is 7.79. The molecule has 0 fully saturated rings. The molecule has 0 radical (unpaired) electrons. The first-order valence-electron chi connectivity index (χ1n) is 5.24. The number of hydrogen-bond donors (Lipinski definition) is 0. The lowest BCUT2D eigenvalue weighted by molar-refractivity contribution is -0.694. The molecule has 3 heteroatoms. The molecule has 0 aliphatic rings. The van der Waals surface area contributed by atoms with E-state index < -0.39 is 0 Å². The largest absolute Gasteiger partial charge is 1.00 e. The molecule has 86 valence electrons. The highest BCUT2D eigenvalue weighted by atomic mass is 35.5. The minimum absolute atomic E-state index is 0. The van der Waals surface area contributed by atoms with Crippen molar-refractivity contribution in [3.8, 4) is 6.07 Å². The molecular formula is C14H13ClN2. The van der Waals surface area contributed by atoms with Crippen LogP contribution in [0.2, 0.25) is 0 Å². The molecule has 2 nitrogen and oxygen atoms in total. The van der Waals surface area contributed by atoms with Crippen molar-refractivity contribution in [1.29, 1.82) is 5.26 Å². The van der Waals surface area contributed by atoms with Gasteiger partial charge in [-0.05, 0) is 12.1 Å². The summed E-state index contributed by atoms with van der Waals surface area (Å²) in [5, 5.41) is 8.71. The van der Waals surface area contributed by atoms with E-state index >= 15 is 0 Å². The lowest BCUT2D eigenvalue weighted by Gasteiger charge is -2.00. The van der Waals surface area contributed by atoms with Crippen LogP contribution in [0.1, 0.15) is 16.8 Å². The van der Waals surface area contributed by atoms with Gasteiger partial charge in [0.2, 0.25) is 0 Å². The van der Waals surface area contributed by atoms with Crippen molar-refractivity contribution in [1.82, 2.24) is 0 Å². The summed E-state index contributed by atoms with van der Waals surface area (Å²) < 4.78 is 2.18. The fraction of sp³-hybridized carbons (Fsp3) is 0.143. The molecule has 2 rings (SSSR count). The molecule has 1 heterocycles. The maximum Gasteiger partial charge on any atom is 0.178 e. The van der Waals surface area contributed by atoms with Gasteiger partial charge in [0.05, 0.1) is 11.6 Å². The van der Waals surface area contributed by atoms with E-state index in [9.17, 15) is 0 Å². The average molecular weight is 245 g/mol. The molecule has 0 amide bonds. The van der Waals surface area contributed by atoms with Crippen molar-refractivity contribution >= 4 is 0 Å². The number of aromatic nitrogens is 1. The van der Waals surface area contributed by atoms with Gasteiger partial charge in [0.25, 0.3) is 0 Å². The highest BCUT2D eigenvalue weighted by molar-refractivity contribution is 5.31. The highest BCUT2D eigenvalue weighted by Gasteiger charge is 2.05. The molecule has 1 aromatic carbocycles. The number of rotatable bonds is 2. The molecule has 2 aromatic rings. The van der Waals surface area contributed by atoms with E-state index in [1.165, 1.54) is 11.3 Å². The van der Waals surface area contributed by atoms with Crippen molar-refractivity contribution in [2.24, 2.45) is 0 Å². The van der Waals surface area contributed by atoms with Crippen LogP contribution in [0.3, 0.4) is 0 Å². The van der Waals surface area contributed by atoms with Crippen LogP contribution in [0.15, 0.2) is 48.7 Å². The summed E-state index contributed by atoms with van der Waals surface area (Å²) >= 11 is 0. The normalized spacial score (nSPS) is 9.18. The van der Waals surface area contributed by atoms with Crippen LogP contribution < -0.4 is 17.0 Å². The molecule has 0 aliphatic carbocycles. The quantitative estimate of drug-likeness (QED) is 0.636. The predicted molar refractivity (Wildman–Crippen MR) is 61.6 cm³/mol. The Bertz CT molecular complexity index is 527. The zero-order valence-corrected chi connectivity index (χ0v) is 10.4. The smallest absolute Gasteiger partial charge is 0.178 e. The van der Waals surface area contributed by atoms with Crippen molar-refractivity contribution < 1.29 is 17.0 Å². The number of hydrogen-bond acceptors (Lipinski definition) is 1. The summed E-state index contributed by atoms with van der Waals surface area (Å²) in [4.78, 5) is 0. The molecule has 0 aliphatic heterocycles. The standard InChI is InChI=1S/C14H13N2.ClH/c1-12-4-2-3-9-16(12)11-14-7-5-13(10-15)6-8-14;/h2-9H,11H2,1H3;1H/q+1;/p-1. The fourth-order valence-electron chi connectivity index (χ4n) is 1.62. The van der Waals surface area contributed by atoms with Gasteiger partial charge in [-0.3, -0.25) is 0 Å². The van der Waals surface area contributed by atoms with Gasteiger partial charge in [-0.1, -0.05) is 18.2 Å². The van der Waals surface area contributed by atoms with Crippen LogP contribution >= 0.6 is 0 Å². The summed E-state index contributed by atoms with van der Waals surface area (Å²) in [5.41, 5.74) is 3.14. The van der Waals surface area contributed by atoms with Gasteiger partial charge >= 0.3 is 0 Å². The van der Waals surface area contributed by atoms with Gasteiger partial charge in [-0.25, -0.2) is 0 Å². The molecule has 0 unspecified atom stereocenters. The first-order valence-corrected chi connectivity index (χ1v) is 5.24. The second-order valence-electron chi connectivity index (χ2n) is 3.78. The maximum atomic E-state index is 8.71. The van der Waals surface area contributed by atoms with Crippen molar-refractivity contribution in [3.05, 3.63) is 65.5 Å². The molecule has 17 heavy (non-hydrogen) atoms. The van der Waals surface area contributed by atoms with Crippen LogP contribution in [0, 0.1) is 18.3 Å². The number of pyridine rings is 1. The molecule has 0 saturated carbocycles. The van der Waals surface area contributed by atoms with E-state index in [4.69, 9.17) is 5.26 Å². The summed E-state index contributed by atoms with van der Waals surface area (Å²) in [7, 11) is 0. The minimum Gasteiger partial charge on any atom is -1.00 e. The van der Waals surface area contributed by atoms with E-state index in [0.29, 0.717) is 5.56 Å². The fourth-order valence-corrected chi connectivity index (χ4v) is 1.62. The second kappa shape index (κ2) is 6.03. The highest BCUT2D eigenvalue weighted by Crippen LogP contribution is 2.03. The zero-order valence-electron chi connectivity index (χ0n) is 9.60. The van der Waals surface area contributed by atoms with Crippen LogP contribution in [-0.4, -0.2) is 0 Å². The molecule has 1 aromatic heterocycles. The monoisotopic (exact) mass is 244 g/mol. The molecular weight excluding hydrogens is 232 g/mol.